The Morgan fingerprint density at radius 1 is 0.327 bits per heavy atom. The number of nitrogens with zero attached hydrogens (tertiary/aromatic N) is 2. The van der Waals surface area contributed by atoms with Gasteiger partial charge < -0.3 is 13.6 Å². The van der Waals surface area contributed by atoms with Crippen LogP contribution in [-0.4, -0.2) is 9.13 Å². The lowest BCUT2D eigenvalue weighted by Crippen LogP contribution is -1.95. The topological polar surface area (TPSA) is 23.0 Å². The normalized spacial score (nSPS) is 12.0. The molecule has 0 aliphatic carbocycles. The highest BCUT2D eigenvalue weighted by Gasteiger charge is 2.19. The molecule has 0 aliphatic heterocycles. The van der Waals surface area contributed by atoms with Crippen molar-refractivity contribution >= 4 is 76.3 Å². The van der Waals surface area contributed by atoms with E-state index in [9.17, 15) is 0 Å². The van der Waals surface area contributed by atoms with Crippen molar-refractivity contribution in [2.75, 3.05) is 0 Å². The van der Waals surface area contributed by atoms with Crippen molar-refractivity contribution in [2.24, 2.45) is 0 Å². The third-order valence-electron chi connectivity index (χ3n) is 11.5. The maximum atomic E-state index is 6.30. The molecule has 55 heavy (non-hydrogen) atoms. The molecule has 3 heteroatoms. The Labute approximate surface area is 316 Å². The van der Waals surface area contributed by atoms with E-state index in [1.165, 1.54) is 82.3 Å². The highest BCUT2D eigenvalue weighted by molar-refractivity contribution is 6.16. The van der Waals surface area contributed by atoms with Crippen LogP contribution >= 0.6 is 0 Å². The summed E-state index contributed by atoms with van der Waals surface area (Å²) in [6.07, 6.45) is 0. The Morgan fingerprint density at radius 2 is 0.873 bits per heavy atom. The van der Waals surface area contributed by atoms with E-state index >= 15 is 0 Å². The second kappa shape index (κ2) is 11.6. The number of hydrogen-bond donors (Lipinski definition) is 0. The molecule has 0 N–H and O–H groups in total. The van der Waals surface area contributed by atoms with E-state index in [1.807, 2.05) is 6.07 Å². The lowest BCUT2D eigenvalue weighted by atomic mass is 9.97. The molecule has 0 atom stereocenters. The molecule has 9 aromatic carbocycles. The van der Waals surface area contributed by atoms with Crippen molar-refractivity contribution < 1.29 is 4.42 Å². The number of aromatic nitrogens is 2. The highest BCUT2D eigenvalue weighted by atomic mass is 16.3. The zero-order valence-corrected chi connectivity index (χ0v) is 29.8. The fourth-order valence-electron chi connectivity index (χ4n) is 9.06. The van der Waals surface area contributed by atoms with Crippen molar-refractivity contribution in [2.45, 2.75) is 0 Å². The largest absolute Gasteiger partial charge is 0.456 e. The Kier molecular flexibility index (Phi) is 6.34. The van der Waals surface area contributed by atoms with Gasteiger partial charge in [0.2, 0.25) is 0 Å². The molecule has 3 heterocycles. The van der Waals surface area contributed by atoms with E-state index in [2.05, 4.69) is 197 Å². The van der Waals surface area contributed by atoms with Crippen molar-refractivity contribution in [3.8, 4) is 33.6 Å². The van der Waals surface area contributed by atoms with Gasteiger partial charge in [-0.15, -0.1) is 0 Å². The van der Waals surface area contributed by atoms with Gasteiger partial charge in [-0.3, -0.25) is 0 Å². The molecule has 0 unspecified atom stereocenters. The predicted octanol–water partition coefficient (Wildman–Crippen LogP) is 14.3. The molecule has 0 radical (unpaired) electrons. The standard InChI is InChI=1S/C52H32N2O/c1-2-14-37(15-3-1)53-47-27-24-35(31-43(47)44-32-36(26-29-48(44)53)39-19-11-23-51-52(39)41-18-7-9-22-50(41)55-51)34-25-28-49-42(30-34)40-17-6-8-20-46(40)54(49)45-21-10-13-33-12-4-5-16-38(33)45/h1-32H. The number of hydrogen-bond acceptors (Lipinski definition) is 1. The van der Waals surface area contributed by atoms with E-state index in [0.29, 0.717) is 0 Å². The predicted molar refractivity (Wildman–Crippen MR) is 231 cm³/mol. The summed E-state index contributed by atoms with van der Waals surface area (Å²) in [6.45, 7) is 0. The van der Waals surface area contributed by atoms with E-state index in [0.717, 1.165) is 27.6 Å². The molecule has 0 spiro atoms. The molecule has 0 saturated carbocycles. The summed E-state index contributed by atoms with van der Waals surface area (Å²) in [4.78, 5) is 0. The van der Waals surface area contributed by atoms with Gasteiger partial charge in [-0.05, 0) is 100 Å². The van der Waals surface area contributed by atoms with Crippen molar-refractivity contribution in [3.05, 3.63) is 194 Å². The van der Waals surface area contributed by atoms with Crippen LogP contribution in [0.4, 0.5) is 0 Å². The summed E-state index contributed by atoms with van der Waals surface area (Å²) in [6, 6.07) is 70.3. The van der Waals surface area contributed by atoms with Gasteiger partial charge in [0.15, 0.2) is 0 Å². The van der Waals surface area contributed by atoms with Gasteiger partial charge in [-0.25, -0.2) is 0 Å². The van der Waals surface area contributed by atoms with Gasteiger partial charge in [-0.1, -0.05) is 121 Å². The van der Waals surface area contributed by atoms with E-state index in [1.54, 1.807) is 0 Å². The summed E-state index contributed by atoms with van der Waals surface area (Å²) < 4.78 is 11.1. The molecule has 0 bridgehead atoms. The van der Waals surface area contributed by atoms with Gasteiger partial charge >= 0.3 is 0 Å². The minimum absolute atomic E-state index is 0.907. The third-order valence-corrected chi connectivity index (χ3v) is 11.5. The monoisotopic (exact) mass is 700 g/mol. The van der Waals surface area contributed by atoms with Crippen LogP contribution in [0.2, 0.25) is 0 Å². The lowest BCUT2D eigenvalue weighted by molar-refractivity contribution is 0.669. The SMILES string of the molecule is c1ccc(-n2c3ccc(-c4ccc5c(c4)c4ccccc4n5-c4cccc5ccccc45)cc3c3cc(-c4cccc5oc6ccccc6c45)ccc32)cc1. The smallest absolute Gasteiger partial charge is 0.136 e. The first-order valence-electron chi connectivity index (χ1n) is 18.8. The summed E-state index contributed by atoms with van der Waals surface area (Å²) >= 11 is 0. The average molecular weight is 701 g/mol. The van der Waals surface area contributed by atoms with Gasteiger partial charge in [-0.2, -0.15) is 0 Å². The highest BCUT2D eigenvalue weighted by Crippen LogP contribution is 2.42. The minimum Gasteiger partial charge on any atom is -0.456 e. The van der Waals surface area contributed by atoms with Gasteiger partial charge in [0.25, 0.3) is 0 Å². The maximum absolute atomic E-state index is 6.30. The average Bonchev–Trinajstić information content (AvgIpc) is 3.91. The second-order valence-electron chi connectivity index (χ2n) is 14.5. The first-order chi connectivity index (χ1) is 27.3. The van der Waals surface area contributed by atoms with Crippen LogP contribution in [0.15, 0.2) is 199 Å². The van der Waals surface area contributed by atoms with Crippen LogP contribution < -0.4 is 0 Å². The summed E-state index contributed by atoms with van der Waals surface area (Å²) in [7, 11) is 0. The van der Waals surface area contributed by atoms with Crippen LogP contribution in [0.5, 0.6) is 0 Å². The molecule has 3 aromatic heterocycles. The quantitative estimate of drug-likeness (QED) is 0.179. The Morgan fingerprint density at radius 3 is 1.67 bits per heavy atom. The first-order valence-corrected chi connectivity index (χ1v) is 18.8. The zero-order chi connectivity index (χ0) is 36.0. The second-order valence-corrected chi connectivity index (χ2v) is 14.5. The van der Waals surface area contributed by atoms with Crippen molar-refractivity contribution in [1.29, 1.82) is 0 Å². The first kappa shape index (κ1) is 30.1. The fraction of sp³-hybridized carbons (Fsp3) is 0. The molecule has 0 aliphatic rings. The third kappa shape index (κ3) is 4.44. The maximum Gasteiger partial charge on any atom is 0.136 e. The van der Waals surface area contributed by atoms with E-state index < -0.39 is 0 Å². The lowest BCUT2D eigenvalue weighted by Gasteiger charge is -2.12. The zero-order valence-electron chi connectivity index (χ0n) is 29.8. The molecule has 256 valence electrons. The molecule has 12 rings (SSSR count). The Balaban J connectivity index is 1.08. The van der Waals surface area contributed by atoms with Gasteiger partial charge in [0.05, 0.1) is 27.8 Å². The van der Waals surface area contributed by atoms with Crippen LogP contribution in [0.1, 0.15) is 0 Å². The van der Waals surface area contributed by atoms with E-state index in [4.69, 9.17) is 4.42 Å². The molecular formula is C52H32N2O. The molecular weight excluding hydrogens is 669 g/mol. The Bertz CT molecular complexity index is 3480. The van der Waals surface area contributed by atoms with Gasteiger partial charge in [0.1, 0.15) is 11.2 Å². The molecule has 0 amide bonds. The molecule has 12 aromatic rings. The number of fused-ring (bicyclic) bond motifs is 10. The summed E-state index contributed by atoms with van der Waals surface area (Å²) in [5, 5.41) is 9.71. The van der Waals surface area contributed by atoms with Crippen molar-refractivity contribution in [1.82, 2.24) is 9.13 Å². The summed E-state index contributed by atoms with van der Waals surface area (Å²) in [5.74, 6) is 0. The van der Waals surface area contributed by atoms with E-state index in [-0.39, 0.29) is 0 Å². The number of rotatable bonds is 4. The molecule has 3 nitrogen and oxygen atoms in total. The number of furan rings is 1. The van der Waals surface area contributed by atoms with Crippen molar-refractivity contribution in [3.63, 3.8) is 0 Å². The van der Waals surface area contributed by atoms with Crippen LogP contribution in [0.3, 0.4) is 0 Å². The fourth-order valence-corrected chi connectivity index (χ4v) is 9.06. The van der Waals surface area contributed by atoms with Crippen LogP contribution in [0, 0.1) is 0 Å². The van der Waals surface area contributed by atoms with Crippen LogP contribution in [-0.2, 0) is 0 Å². The molecule has 0 saturated heterocycles. The number of para-hydroxylation sites is 3. The van der Waals surface area contributed by atoms with Gasteiger partial charge in [0, 0.05) is 43.4 Å². The number of benzene rings is 9. The van der Waals surface area contributed by atoms with Crippen LogP contribution in [0.25, 0.3) is 110 Å². The molecule has 0 fully saturated rings. The Hall–Kier alpha value is -7.36. The summed E-state index contributed by atoms with van der Waals surface area (Å²) in [5.41, 5.74) is 13.7. The minimum atomic E-state index is 0.907.